The summed E-state index contributed by atoms with van der Waals surface area (Å²) >= 11 is 1.08. The summed E-state index contributed by atoms with van der Waals surface area (Å²) in [7, 11) is 1.48. The van der Waals surface area contributed by atoms with Gasteiger partial charge in [-0.1, -0.05) is 19.8 Å². The van der Waals surface area contributed by atoms with E-state index >= 15 is 0 Å². The van der Waals surface area contributed by atoms with Crippen LogP contribution < -0.4 is 5.32 Å². The lowest BCUT2D eigenvalue weighted by Crippen LogP contribution is -2.65. The Morgan fingerprint density at radius 2 is 1.87 bits per heavy atom. The third-order valence-electron chi connectivity index (χ3n) is 7.57. The molecular weight excluding hydrogens is 530 g/mol. The average molecular weight is 572 g/mol. The second-order valence-corrected chi connectivity index (χ2v) is 11.5. The van der Waals surface area contributed by atoms with E-state index in [0.29, 0.717) is 5.92 Å². The number of aliphatic hydroxyl groups excluding tert-OH is 3. The Hall–Kier alpha value is -2.09. The fraction of sp³-hybridized carbons (Fsp3) is 0.704. The van der Waals surface area contributed by atoms with Crippen LogP contribution in [0.5, 0.6) is 11.5 Å². The van der Waals surface area contributed by atoms with Crippen molar-refractivity contribution in [3.63, 3.8) is 0 Å². The highest BCUT2D eigenvalue weighted by Crippen LogP contribution is 2.35. The van der Waals surface area contributed by atoms with Gasteiger partial charge in [-0.05, 0) is 50.3 Å². The van der Waals surface area contributed by atoms with Crippen molar-refractivity contribution < 1.29 is 49.3 Å². The van der Waals surface area contributed by atoms with E-state index in [2.05, 4.69) is 12.2 Å². The summed E-state index contributed by atoms with van der Waals surface area (Å²) in [6.45, 7) is 3.79. The monoisotopic (exact) mass is 571 g/mol. The van der Waals surface area contributed by atoms with Crippen LogP contribution >= 0.6 is 11.8 Å². The van der Waals surface area contributed by atoms with Crippen molar-refractivity contribution in [3.05, 3.63) is 23.8 Å². The third kappa shape index (κ3) is 7.99. The van der Waals surface area contributed by atoms with Crippen LogP contribution in [0.3, 0.4) is 0 Å². The summed E-state index contributed by atoms with van der Waals surface area (Å²) in [6.07, 6.45) is -1.29. The van der Waals surface area contributed by atoms with Crippen molar-refractivity contribution >= 4 is 23.6 Å². The first kappa shape index (κ1) is 31.4. The number of esters is 1. The maximum Gasteiger partial charge on any atom is 0.338 e. The van der Waals surface area contributed by atoms with Crippen molar-refractivity contribution in [2.24, 2.45) is 11.8 Å². The molecule has 1 heterocycles. The first-order valence-corrected chi connectivity index (χ1v) is 14.5. The van der Waals surface area contributed by atoms with E-state index < -0.39 is 53.7 Å². The maximum absolute atomic E-state index is 13.1. The van der Waals surface area contributed by atoms with Crippen molar-refractivity contribution in [2.45, 2.75) is 87.9 Å². The Kier molecular flexibility index (Phi) is 11.7. The predicted molar refractivity (Wildman–Crippen MR) is 143 cm³/mol. The third-order valence-corrected chi connectivity index (χ3v) is 8.69. The number of phenolic OH excluding ortho intramolecular Hbond substituents is 2. The van der Waals surface area contributed by atoms with Gasteiger partial charge in [0.1, 0.15) is 36.5 Å². The maximum atomic E-state index is 13.1. The molecule has 39 heavy (non-hydrogen) atoms. The standard InChI is InChI=1S/C27H41NO10S/c1-4-5-15-6-7-16(12-15)25(34)28-20(14(2)36-3)24-22(32)21(31)23(33)27(38-24)39-11-10-37-26(35)17-8-9-18(29)19(30)13-17/h8-9,13-16,20-24,27,29-33H,4-7,10-12H2,1-3H3,(H,28,34)/t14-,15+,16+,20-,21+,22-,23-,24-,27-/m1/s1. The Bertz CT molecular complexity index is 964. The molecule has 2 fully saturated rings. The molecule has 6 N–H and O–H groups in total. The number of carbonyl (C=O) groups is 2. The van der Waals surface area contributed by atoms with Gasteiger partial charge in [0.25, 0.3) is 0 Å². The predicted octanol–water partition coefficient (Wildman–Crippen LogP) is 1.53. The van der Waals surface area contributed by atoms with E-state index in [1.165, 1.54) is 19.2 Å². The van der Waals surface area contributed by atoms with Gasteiger partial charge >= 0.3 is 5.97 Å². The molecule has 0 radical (unpaired) electrons. The lowest BCUT2D eigenvalue weighted by atomic mass is 9.91. The molecule has 220 valence electrons. The molecule has 11 nitrogen and oxygen atoms in total. The second kappa shape index (κ2) is 14.5. The number of ether oxygens (including phenoxy) is 3. The summed E-state index contributed by atoms with van der Waals surface area (Å²) in [4.78, 5) is 25.3. The molecule has 12 heteroatoms. The fourth-order valence-corrected chi connectivity index (χ4v) is 6.20. The number of carbonyl (C=O) groups excluding carboxylic acids is 2. The van der Waals surface area contributed by atoms with Gasteiger partial charge < -0.3 is 45.1 Å². The molecule has 2 aliphatic rings. The number of rotatable bonds is 12. The summed E-state index contributed by atoms with van der Waals surface area (Å²) in [5.41, 5.74) is -0.924. The van der Waals surface area contributed by atoms with Crippen LogP contribution in [0.4, 0.5) is 0 Å². The first-order valence-electron chi connectivity index (χ1n) is 13.4. The summed E-state index contributed by atoms with van der Waals surface area (Å²) < 4.78 is 16.7. The number of thioether (sulfide) groups is 1. The van der Waals surface area contributed by atoms with E-state index in [9.17, 15) is 35.1 Å². The summed E-state index contributed by atoms with van der Waals surface area (Å²) in [5.74, 6) is -1.10. The van der Waals surface area contributed by atoms with Gasteiger partial charge in [-0.25, -0.2) is 4.79 Å². The molecule has 1 aliphatic heterocycles. The lowest BCUT2D eigenvalue weighted by Gasteiger charge is -2.44. The molecule has 1 aromatic rings. The van der Waals surface area contributed by atoms with E-state index in [1.54, 1.807) is 6.92 Å². The zero-order valence-corrected chi connectivity index (χ0v) is 23.4. The molecule has 0 aromatic heterocycles. The van der Waals surface area contributed by atoms with E-state index in [-0.39, 0.29) is 35.5 Å². The Labute approximate surface area is 232 Å². The largest absolute Gasteiger partial charge is 0.504 e. The van der Waals surface area contributed by atoms with Gasteiger partial charge in [0, 0.05) is 18.8 Å². The topological polar surface area (TPSA) is 175 Å². The number of nitrogens with one attached hydrogen (secondary N) is 1. The van der Waals surface area contributed by atoms with Gasteiger partial charge in [-0.2, -0.15) is 0 Å². The number of phenols is 2. The zero-order chi connectivity index (χ0) is 28.7. The van der Waals surface area contributed by atoms with Crippen LogP contribution in [0.2, 0.25) is 0 Å². The summed E-state index contributed by atoms with van der Waals surface area (Å²) in [5, 5.41) is 53.8. The Balaban J connectivity index is 1.60. The minimum Gasteiger partial charge on any atom is -0.504 e. The number of hydrogen-bond donors (Lipinski definition) is 6. The SMILES string of the molecule is CCC[C@H]1CC[C@H](C(=O)N[C@@H]([C@H]2O[C@H](SCCOC(=O)c3ccc(O)c(O)c3)[C@H](O)[C@@H](O)[C@H]2O)[C@@H](C)OC)C1. The van der Waals surface area contributed by atoms with E-state index in [0.717, 1.165) is 49.9 Å². The van der Waals surface area contributed by atoms with Crippen LogP contribution in [-0.4, -0.2) is 98.9 Å². The van der Waals surface area contributed by atoms with E-state index in [4.69, 9.17) is 14.2 Å². The van der Waals surface area contributed by atoms with Gasteiger partial charge in [-0.3, -0.25) is 4.79 Å². The van der Waals surface area contributed by atoms with Gasteiger partial charge in [0.05, 0.1) is 17.7 Å². The first-order chi connectivity index (χ1) is 18.6. The molecule has 0 unspecified atom stereocenters. The Morgan fingerprint density at radius 1 is 1.13 bits per heavy atom. The number of benzene rings is 1. The number of hydrogen-bond acceptors (Lipinski definition) is 11. The molecule has 0 bridgehead atoms. The van der Waals surface area contributed by atoms with Crippen molar-refractivity contribution in [3.8, 4) is 11.5 Å². The van der Waals surface area contributed by atoms with Crippen LogP contribution in [-0.2, 0) is 19.0 Å². The van der Waals surface area contributed by atoms with Crippen molar-refractivity contribution in [2.75, 3.05) is 19.5 Å². The molecule has 3 rings (SSSR count). The molecule has 1 saturated carbocycles. The van der Waals surface area contributed by atoms with Gasteiger partial charge in [-0.15, -0.1) is 11.8 Å². The highest BCUT2D eigenvalue weighted by Gasteiger charge is 2.49. The highest BCUT2D eigenvalue weighted by molar-refractivity contribution is 7.99. The number of aromatic hydroxyl groups is 2. The van der Waals surface area contributed by atoms with Crippen molar-refractivity contribution in [1.29, 1.82) is 0 Å². The normalized spacial score (nSPS) is 30.5. The molecule has 9 atom stereocenters. The quantitative estimate of drug-likeness (QED) is 0.122. The molecule has 1 aromatic carbocycles. The number of aliphatic hydroxyl groups is 3. The van der Waals surface area contributed by atoms with Crippen LogP contribution in [0, 0.1) is 11.8 Å². The van der Waals surface area contributed by atoms with Crippen LogP contribution in [0.1, 0.15) is 56.3 Å². The van der Waals surface area contributed by atoms with E-state index in [1.807, 2.05) is 0 Å². The zero-order valence-electron chi connectivity index (χ0n) is 22.6. The minimum atomic E-state index is -1.53. The Morgan fingerprint density at radius 3 is 2.54 bits per heavy atom. The summed E-state index contributed by atoms with van der Waals surface area (Å²) in [6, 6.07) is 2.78. The molecule has 1 amide bonds. The lowest BCUT2D eigenvalue weighted by molar-refractivity contribution is -0.212. The molecular formula is C27H41NO10S. The molecule has 1 aliphatic carbocycles. The van der Waals surface area contributed by atoms with Gasteiger partial charge in [0.2, 0.25) is 5.91 Å². The van der Waals surface area contributed by atoms with Gasteiger partial charge in [0.15, 0.2) is 11.5 Å². The average Bonchev–Trinajstić information content (AvgIpc) is 3.39. The molecule has 0 spiro atoms. The van der Waals surface area contributed by atoms with Crippen LogP contribution in [0.25, 0.3) is 0 Å². The fourth-order valence-electron chi connectivity index (χ4n) is 5.22. The highest BCUT2D eigenvalue weighted by atomic mass is 32.2. The minimum absolute atomic E-state index is 0.0540. The van der Waals surface area contributed by atoms with Crippen molar-refractivity contribution in [1.82, 2.24) is 5.32 Å². The smallest absolute Gasteiger partial charge is 0.338 e. The molecule has 1 saturated heterocycles. The number of amides is 1. The number of methoxy groups -OCH3 is 1. The second-order valence-electron chi connectivity index (χ2n) is 10.3. The van der Waals surface area contributed by atoms with Crippen LogP contribution in [0.15, 0.2) is 18.2 Å².